The van der Waals surface area contributed by atoms with Gasteiger partial charge in [-0.15, -0.1) is 0 Å². The molecule has 4 N–H and O–H groups in total. The zero-order valence-electron chi connectivity index (χ0n) is 11.8. The second-order valence-electron chi connectivity index (χ2n) is 6.04. The van der Waals surface area contributed by atoms with Crippen LogP contribution in [-0.4, -0.2) is 35.7 Å². The number of aliphatic carboxylic acids is 1. The first-order valence-corrected chi connectivity index (χ1v) is 7.53. The molecular weight excluding hydrogens is 266 g/mol. The fraction of sp³-hybridized carbons (Fsp3) is 0.438. The second-order valence-corrected chi connectivity index (χ2v) is 6.04. The van der Waals surface area contributed by atoms with Crippen molar-refractivity contribution in [2.24, 2.45) is 5.73 Å². The molecule has 21 heavy (non-hydrogen) atoms. The topological polar surface area (TPSA) is 82.4 Å². The number of nitrogens with zero attached hydrogens (tertiary/aromatic N) is 1. The summed E-state index contributed by atoms with van der Waals surface area (Å²) in [6.07, 6.45) is 2.40. The third kappa shape index (κ3) is 1.70. The SMILES string of the molecule is NCC(C(=O)O)c1cccc2c3c([nH]c12)N1CCC3CC1. The fourth-order valence-corrected chi connectivity index (χ4v) is 3.95. The van der Waals surface area contributed by atoms with Gasteiger partial charge in [-0.25, -0.2) is 0 Å². The Bertz CT molecular complexity index is 714. The van der Waals surface area contributed by atoms with Crippen molar-refractivity contribution in [3.63, 3.8) is 0 Å². The number of carboxylic acids is 1. The molecule has 4 heterocycles. The van der Waals surface area contributed by atoms with Crippen LogP contribution in [0.4, 0.5) is 5.82 Å². The summed E-state index contributed by atoms with van der Waals surface area (Å²) >= 11 is 0. The maximum atomic E-state index is 11.5. The number of hydrogen-bond acceptors (Lipinski definition) is 3. The van der Waals surface area contributed by atoms with Crippen molar-refractivity contribution in [1.82, 2.24) is 4.98 Å². The molecule has 5 nitrogen and oxygen atoms in total. The van der Waals surface area contributed by atoms with Crippen LogP contribution >= 0.6 is 0 Å². The van der Waals surface area contributed by atoms with E-state index in [0.29, 0.717) is 5.92 Å². The highest BCUT2D eigenvalue weighted by molar-refractivity contribution is 5.95. The summed E-state index contributed by atoms with van der Waals surface area (Å²) in [6.45, 7) is 2.31. The van der Waals surface area contributed by atoms with Crippen LogP contribution in [0, 0.1) is 0 Å². The van der Waals surface area contributed by atoms with E-state index in [0.717, 1.165) is 24.2 Å². The number of fused-ring (bicyclic) bond motifs is 3. The van der Waals surface area contributed by atoms with Gasteiger partial charge in [0.15, 0.2) is 0 Å². The number of rotatable bonds is 3. The zero-order valence-corrected chi connectivity index (χ0v) is 11.8. The summed E-state index contributed by atoms with van der Waals surface area (Å²) in [6, 6.07) is 5.94. The molecule has 0 amide bonds. The van der Waals surface area contributed by atoms with Crippen LogP contribution in [0.5, 0.6) is 0 Å². The number of aromatic nitrogens is 1. The first kappa shape index (κ1) is 12.7. The van der Waals surface area contributed by atoms with Gasteiger partial charge in [-0.05, 0) is 24.3 Å². The molecule has 3 aliphatic heterocycles. The van der Waals surface area contributed by atoms with Gasteiger partial charge in [-0.2, -0.15) is 0 Å². The molecule has 0 spiro atoms. The maximum absolute atomic E-state index is 11.5. The number of H-pyrrole nitrogens is 1. The highest BCUT2D eigenvalue weighted by Crippen LogP contribution is 2.46. The molecule has 3 aliphatic rings. The second kappa shape index (κ2) is 4.49. The number of nitrogens with one attached hydrogen (secondary N) is 1. The number of carboxylic acid groups (broad SMARTS) is 1. The van der Waals surface area contributed by atoms with Gasteiger partial charge in [0, 0.05) is 30.6 Å². The van der Waals surface area contributed by atoms with Gasteiger partial charge in [0.1, 0.15) is 5.82 Å². The Morgan fingerprint density at radius 2 is 2.19 bits per heavy atom. The lowest BCUT2D eigenvalue weighted by Crippen LogP contribution is -2.38. The van der Waals surface area contributed by atoms with Crippen LogP contribution in [0.3, 0.4) is 0 Å². The van der Waals surface area contributed by atoms with Crippen LogP contribution in [0.15, 0.2) is 18.2 Å². The van der Waals surface area contributed by atoms with Gasteiger partial charge in [-0.1, -0.05) is 18.2 Å². The smallest absolute Gasteiger partial charge is 0.312 e. The quantitative estimate of drug-likeness (QED) is 0.805. The van der Waals surface area contributed by atoms with Crippen LogP contribution in [0.2, 0.25) is 0 Å². The summed E-state index contributed by atoms with van der Waals surface area (Å²) < 4.78 is 0. The van der Waals surface area contributed by atoms with E-state index < -0.39 is 11.9 Å². The zero-order chi connectivity index (χ0) is 14.6. The van der Waals surface area contributed by atoms with E-state index >= 15 is 0 Å². The number of anilines is 1. The lowest BCUT2D eigenvalue weighted by molar-refractivity contribution is -0.138. The fourth-order valence-electron chi connectivity index (χ4n) is 3.95. The minimum atomic E-state index is -0.860. The normalized spacial score (nSPS) is 19.0. The minimum Gasteiger partial charge on any atom is -0.481 e. The molecule has 1 fully saturated rings. The van der Waals surface area contributed by atoms with E-state index in [1.165, 1.54) is 29.6 Å². The summed E-state index contributed by atoms with van der Waals surface area (Å²) in [5.74, 6) is 0.290. The summed E-state index contributed by atoms with van der Waals surface area (Å²) in [7, 11) is 0. The van der Waals surface area contributed by atoms with Crippen LogP contribution < -0.4 is 10.6 Å². The van der Waals surface area contributed by atoms with Gasteiger partial charge in [0.2, 0.25) is 0 Å². The molecule has 1 unspecified atom stereocenters. The molecule has 0 radical (unpaired) electrons. The summed E-state index contributed by atoms with van der Waals surface area (Å²) in [5, 5.41) is 10.6. The van der Waals surface area contributed by atoms with E-state index in [1.54, 1.807) is 0 Å². The highest BCUT2D eigenvalue weighted by Gasteiger charge is 2.35. The summed E-state index contributed by atoms with van der Waals surface area (Å²) in [5.41, 5.74) is 8.82. The minimum absolute atomic E-state index is 0.116. The summed E-state index contributed by atoms with van der Waals surface area (Å²) in [4.78, 5) is 17.3. The van der Waals surface area contributed by atoms with Gasteiger partial charge in [0.05, 0.1) is 11.4 Å². The van der Waals surface area contributed by atoms with Crippen molar-refractivity contribution in [2.45, 2.75) is 24.7 Å². The number of aromatic amines is 1. The third-order valence-electron chi connectivity index (χ3n) is 5.01. The van der Waals surface area contributed by atoms with Crippen LogP contribution in [-0.2, 0) is 4.79 Å². The van der Waals surface area contributed by atoms with Gasteiger partial charge in [0.25, 0.3) is 0 Å². The van der Waals surface area contributed by atoms with E-state index in [2.05, 4.69) is 16.0 Å². The van der Waals surface area contributed by atoms with Crippen molar-refractivity contribution in [3.8, 4) is 0 Å². The molecule has 5 heteroatoms. The molecular formula is C16H19N3O2. The Morgan fingerprint density at radius 3 is 2.86 bits per heavy atom. The number of benzene rings is 1. The molecule has 110 valence electrons. The predicted molar refractivity (Wildman–Crippen MR) is 81.9 cm³/mol. The molecule has 2 bridgehead atoms. The molecule has 1 saturated heterocycles. The molecule has 0 aliphatic carbocycles. The van der Waals surface area contributed by atoms with Crippen LogP contribution in [0.1, 0.15) is 35.8 Å². The maximum Gasteiger partial charge on any atom is 0.312 e. The Kier molecular flexibility index (Phi) is 2.72. The average Bonchev–Trinajstić information content (AvgIpc) is 2.91. The van der Waals surface area contributed by atoms with E-state index in [9.17, 15) is 9.90 Å². The molecule has 1 aromatic heterocycles. The van der Waals surface area contributed by atoms with Gasteiger partial charge in [-0.3, -0.25) is 4.79 Å². The Hall–Kier alpha value is -2.01. The lowest BCUT2D eigenvalue weighted by atomic mass is 9.84. The van der Waals surface area contributed by atoms with E-state index in [-0.39, 0.29) is 6.54 Å². The number of hydrogen-bond donors (Lipinski definition) is 3. The lowest BCUT2D eigenvalue weighted by Gasteiger charge is -2.40. The van der Waals surface area contributed by atoms with Crippen molar-refractivity contribution in [2.75, 3.05) is 24.5 Å². The number of nitrogens with two attached hydrogens (primary N) is 1. The van der Waals surface area contributed by atoms with Gasteiger partial charge < -0.3 is 20.7 Å². The third-order valence-corrected chi connectivity index (χ3v) is 5.01. The average molecular weight is 285 g/mol. The highest BCUT2D eigenvalue weighted by atomic mass is 16.4. The van der Waals surface area contributed by atoms with Crippen molar-refractivity contribution in [1.29, 1.82) is 0 Å². The molecule has 2 aromatic rings. The monoisotopic (exact) mass is 285 g/mol. The molecule has 0 saturated carbocycles. The van der Waals surface area contributed by atoms with E-state index in [4.69, 9.17) is 5.73 Å². The van der Waals surface area contributed by atoms with Crippen molar-refractivity contribution < 1.29 is 9.90 Å². The number of piperidine rings is 1. The molecule has 1 aromatic carbocycles. The number of carbonyl (C=O) groups is 1. The van der Waals surface area contributed by atoms with Gasteiger partial charge >= 0.3 is 5.97 Å². The van der Waals surface area contributed by atoms with Crippen LogP contribution in [0.25, 0.3) is 10.9 Å². The van der Waals surface area contributed by atoms with E-state index in [1.807, 2.05) is 12.1 Å². The Morgan fingerprint density at radius 1 is 1.43 bits per heavy atom. The first-order valence-electron chi connectivity index (χ1n) is 7.53. The Balaban J connectivity index is 1.96. The standard InChI is InChI=1S/C16H19N3O2/c17-8-12(16(20)21)10-2-1-3-11-13-9-4-6-19(7-5-9)15(13)18-14(10)11/h1-3,9,12,18H,4-8,17H2,(H,20,21). The van der Waals surface area contributed by atoms with Crippen molar-refractivity contribution >= 4 is 22.7 Å². The molecule has 5 rings (SSSR count). The Labute approximate surface area is 122 Å². The predicted octanol–water partition coefficient (Wildman–Crippen LogP) is 1.99. The first-order chi connectivity index (χ1) is 10.2. The largest absolute Gasteiger partial charge is 0.481 e. The van der Waals surface area contributed by atoms with Crippen molar-refractivity contribution in [3.05, 3.63) is 29.3 Å². The number of para-hydroxylation sites is 1. The molecule has 1 atom stereocenters.